The first-order chi connectivity index (χ1) is 15.9. The summed E-state index contributed by atoms with van der Waals surface area (Å²) >= 11 is 12.2. The van der Waals surface area contributed by atoms with Crippen LogP contribution in [0.2, 0.25) is 10.0 Å². The van der Waals surface area contributed by atoms with E-state index in [0.29, 0.717) is 39.4 Å². The first-order valence-electron chi connectivity index (χ1n) is 10.2. The molecule has 0 spiro atoms. The van der Waals surface area contributed by atoms with E-state index in [9.17, 15) is 10.1 Å². The smallest absolute Gasteiger partial charge is 0.266 e. The van der Waals surface area contributed by atoms with Crippen LogP contribution in [0.3, 0.4) is 0 Å². The van der Waals surface area contributed by atoms with Crippen molar-refractivity contribution in [3.63, 3.8) is 0 Å². The lowest BCUT2D eigenvalue weighted by Crippen LogP contribution is -2.13. The summed E-state index contributed by atoms with van der Waals surface area (Å²) in [5.41, 5.74) is 3.02. The van der Waals surface area contributed by atoms with Crippen molar-refractivity contribution >= 4 is 40.9 Å². The van der Waals surface area contributed by atoms with Gasteiger partial charge in [0.15, 0.2) is 11.5 Å². The minimum atomic E-state index is -0.487. The van der Waals surface area contributed by atoms with Gasteiger partial charge in [0.05, 0.1) is 6.61 Å². The summed E-state index contributed by atoms with van der Waals surface area (Å²) < 4.78 is 11.6. The number of halogens is 2. The lowest BCUT2D eigenvalue weighted by atomic mass is 10.1. The Morgan fingerprint density at radius 1 is 1.06 bits per heavy atom. The molecule has 0 heterocycles. The predicted molar refractivity (Wildman–Crippen MR) is 132 cm³/mol. The highest BCUT2D eigenvalue weighted by molar-refractivity contribution is 6.35. The molecule has 0 saturated heterocycles. The normalized spacial score (nSPS) is 10.9. The van der Waals surface area contributed by atoms with Gasteiger partial charge in [0.1, 0.15) is 18.2 Å². The first-order valence-corrected chi connectivity index (χ1v) is 11.0. The molecule has 7 heteroatoms. The van der Waals surface area contributed by atoms with Crippen molar-refractivity contribution in [1.82, 2.24) is 0 Å². The fourth-order valence-electron chi connectivity index (χ4n) is 3.03. The highest BCUT2D eigenvalue weighted by Crippen LogP contribution is 2.31. The Bertz CT molecular complexity index is 1230. The van der Waals surface area contributed by atoms with E-state index in [4.69, 9.17) is 32.7 Å². The Balaban J connectivity index is 1.79. The van der Waals surface area contributed by atoms with Crippen molar-refractivity contribution in [2.75, 3.05) is 11.9 Å². The summed E-state index contributed by atoms with van der Waals surface area (Å²) in [5.74, 6) is 0.522. The third-order valence-electron chi connectivity index (χ3n) is 4.62. The molecule has 33 heavy (non-hydrogen) atoms. The van der Waals surface area contributed by atoms with Crippen molar-refractivity contribution in [3.8, 4) is 17.6 Å². The number of hydrogen-bond acceptors (Lipinski definition) is 4. The van der Waals surface area contributed by atoms with Crippen molar-refractivity contribution in [1.29, 1.82) is 5.26 Å². The monoisotopic (exact) mass is 480 g/mol. The fourth-order valence-corrected chi connectivity index (χ4v) is 3.50. The number of nitriles is 1. The number of carbonyl (C=O) groups is 1. The topological polar surface area (TPSA) is 71.3 Å². The van der Waals surface area contributed by atoms with E-state index in [0.717, 1.165) is 11.1 Å². The lowest BCUT2D eigenvalue weighted by molar-refractivity contribution is -0.112. The highest BCUT2D eigenvalue weighted by Gasteiger charge is 2.12. The summed E-state index contributed by atoms with van der Waals surface area (Å²) in [7, 11) is 0. The Morgan fingerprint density at radius 3 is 2.58 bits per heavy atom. The number of anilines is 1. The van der Waals surface area contributed by atoms with Gasteiger partial charge in [-0.15, -0.1) is 0 Å². The van der Waals surface area contributed by atoms with E-state index < -0.39 is 5.91 Å². The number of benzene rings is 3. The maximum absolute atomic E-state index is 12.6. The zero-order valence-electron chi connectivity index (χ0n) is 18.2. The molecule has 0 aliphatic rings. The third kappa shape index (κ3) is 6.76. The van der Waals surface area contributed by atoms with Gasteiger partial charge in [0, 0.05) is 21.3 Å². The van der Waals surface area contributed by atoms with E-state index in [2.05, 4.69) is 5.32 Å². The minimum Gasteiger partial charge on any atom is -0.490 e. The Labute approximate surface area is 203 Å². The van der Waals surface area contributed by atoms with Crippen LogP contribution in [0.1, 0.15) is 23.6 Å². The summed E-state index contributed by atoms with van der Waals surface area (Å²) in [6.45, 7) is 4.44. The molecule has 0 fully saturated rings. The van der Waals surface area contributed by atoms with Gasteiger partial charge in [-0.3, -0.25) is 4.79 Å². The number of nitrogens with zero attached hydrogens (tertiary/aromatic N) is 1. The average molecular weight is 481 g/mol. The van der Waals surface area contributed by atoms with Gasteiger partial charge >= 0.3 is 0 Å². The molecule has 0 radical (unpaired) electrons. The molecular weight excluding hydrogens is 459 g/mol. The van der Waals surface area contributed by atoms with Crippen LogP contribution in [0.4, 0.5) is 5.69 Å². The maximum atomic E-state index is 12.6. The second-order valence-electron chi connectivity index (χ2n) is 7.16. The molecule has 5 nitrogen and oxygen atoms in total. The highest BCUT2D eigenvalue weighted by atomic mass is 35.5. The summed E-state index contributed by atoms with van der Waals surface area (Å²) in [4.78, 5) is 12.6. The van der Waals surface area contributed by atoms with Crippen LogP contribution in [0.15, 0.2) is 66.2 Å². The number of nitrogens with one attached hydrogen (secondary N) is 1. The van der Waals surface area contributed by atoms with Crippen molar-refractivity contribution in [2.45, 2.75) is 20.5 Å². The van der Waals surface area contributed by atoms with Gasteiger partial charge in [0.25, 0.3) is 5.91 Å². The van der Waals surface area contributed by atoms with Crippen LogP contribution >= 0.6 is 23.2 Å². The molecule has 3 aromatic rings. The zero-order chi connectivity index (χ0) is 23.8. The quantitative estimate of drug-likeness (QED) is 0.283. The molecule has 168 valence electrons. The maximum Gasteiger partial charge on any atom is 0.266 e. The van der Waals surface area contributed by atoms with Crippen molar-refractivity contribution in [2.24, 2.45) is 0 Å². The lowest BCUT2D eigenvalue weighted by Gasteiger charge is -2.13. The van der Waals surface area contributed by atoms with Gasteiger partial charge in [0.2, 0.25) is 0 Å². The van der Waals surface area contributed by atoms with Crippen LogP contribution < -0.4 is 14.8 Å². The molecular formula is C26H22Cl2N2O3. The molecule has 3 aromatic carbocycles. The number of hydrogen-bond donors (Lipinski definition) is 1. The second kappa shape index (κ2) is 11.4. The Kier molecular flexibility index (Phi) is 8.37. The minimum absolute atomic E-state index is 0.0273. The first kappa shape index (κ1) is 24.2. The van der Waals surface area contributed by atoms with Gasteiger partial charge in [-0.2, -0.15) is 5.26 Å². The van der Waals surface area contributed by atoms with Crippen LogP contribution in [-0.4, -0.2) is 12.5 Å². The van der Waals surface area contributed by atoms with E-state index in [1.807, 2.05) is 38.1 Å². The van der Waals surface area contributed by atoms with Gasteiger partial charge < -0.3 is 14.8 Å². The molecule has 1 amide bonds. The van der Waals surface area contributed by atoms with Crippen molar-refractivity contribution in [3.05, 3.63) is 93.0 Å². The second-order valence-corrected chi connectivity index (χ2v) is 8.00. The fraction of sp³-hybridized carbons (Fsp3) is 0.154. The predicted octanol–water partition coefficient (Wildman–Crippen LogP) is 6.83. The number of aryl methyl sites for hydroxylation is 1. The number of carbonyl (C=O) groups excluding carboxylic acids is 1. The molecule has 0 bridgehead atoms. The largest absolute Gasteiger partial charge is 0.490 e. The van der Waals surface area contributed by atoms with E-state index >= 15 is 0 Å². The molecule has 0 aliphatic heterocycles. The van der Waals surface area contributed by atoms with Crippen LogP contribution in [0.25, 0.3) is 6.08 Å². The summed E-state index contributed by atoms with van der Waals surface area (Å²) in [6.07, 6.45) is 1.51. The third-order valence-corrected chi connectivity index (χ3v) is 5.20. The van der Waals surface area contributed by atoms with E-state index in [-0.39, 0.29) is 12.2 Å². The zero-order valence-corrected chi connectivity index (χ0v) is 19.7. The molecule has 0 unspecified atom stereocenters. The Hall–Kier alpha value is -3.46. The number of rotatable bonds is 8. The molecule has 0 aromatic heterocycles. The molecule has 0 saturated carbocycles. The van der Waals surface area contributed by atoms with Gasteiger partial charge in [-0.1, -0.05) is 47.5 Å². The summed E-state index contributed by atoms with van der Waals surface area (Å²) in [5, 5.41) is 13.3. The number of ether oxygens (including phenoxy) is 2. The van der Waals surface area contributed by atoms with E-state index in [1.165, 1.54) is 6.08 Å². The molecule has 1 N–H and O–H groups in total. The average Bonchev–Trinajstić information content (AvgIpc) is 2.78. The standard InChI is InChI=1S/C26H22Cl2N2O3/c1-3-32-25-13-18(7-10-24(25)33-16-19-8-9-21(27)14-23(19)28)12-20(15-29)26(31)30-22-6-4-5-17(2)11-22/h4-14H,3,16H2,1-2H3,(H,30,31)/b20-12-. The molecule has 3 rings (SSSR count). The summed E-state index contributed by atoms with van der Waals surface area (Å²) in [6, 6.07) is 19.7. The van der Waals surface area contributed by atoms with Crippen molar-refractivity contribution < 1.29 is 14.3 Å². The van der Waals surface area contributed by atoms with Gasteiger partial charge in [-0.25, -0.2) is 0 Å². The van der Waals surface area contributed by atoms with Crippen LogP contribution in [0.5, 0.6) is 11.5 Å². The SMILES string of the molecule is CCOc1cc(/C=C(/C#N)C(=O)Nc2cccc(C)c2)ccc1OCc1ccc(Cl)cc1Cl. The Morgan fingerprint density at radius 2 is 1.88 bits per heavy atom. The van der Waals surface area contributed by atoms with Crippen LogP contribution in [0, 0.1) is 18.3 Å². The molecule has 0 atom stereocenters. The molecule has 0 aliphatic carbocycles. The van der Waals surface area contributed by atoms with Crippen LogP contribution in [-0.2, 0) is 11.4 Å². The number of amides is 1. The van der Waals surface area contributed by atoms with Gasteiger partial charge in [-0.05, 0) is 67.4 Å². The van der Waals surface area contributed by atoms with E-state index in [1.54, 1.807) is 42.5 Å².